The van der Waals surface area contributed by atoms with E-state index in [2.05, 4.69) is 4.98 Å². The zero-order chi connectivity index (χ0) is 20.6. The highest BCUT2D eigenvalue weighted by Gasteiger charge is 2.22. The van der Waals surface area contributed by atoms with Gasteiger partial charge in [0.25, 0.3) is 11.8 Å². The smallest absolute Gasteiger partial charge is 0.262 e. The van der Waals surface area contributed by atoms with Gasteiger partial charge in [-0.15, -0.1) is 0 Å². The number of imide groups is 1. The fourth-order valence-corrected chi connectivity index (χ4v) is 2.67. The van der Waals surface area contributed by atoms with Gasteiger partial charge in [-0.3, -0.25) is 19.5 Å². The molecule has 0 spiro atoms. The van der Waals surface area contributed by atoms with Crippen LogP contribution in [0.1, 0.15) is 21.5 Å². The van der Waals surface area contributed by atoms with E-state index in [0.717, 1.165) is 28.3 Å². The average Bonchev–Trinajstić information content (AvgIpc) is 2.76. The molecule has 2 amide bonds. The maximum Gasteiger partial charge on any atom is 0.262 e. The highest BCUT2D eigenvalue weighted by Crippen LogP contribution is 2.16. The molecule has 0 fully saturated rings. The number of carbonyl (C=O) groups is 2. The van der Waals surface area contributed by atoms with E-state index in [1.807, 2.05) is 30.3 Å². The van der Waals surface area contributed by atoms with E-state index < -0.39 is 17.6 Å². The van der Waals surface area contributed by atoms with E-state index in [1.54, 1.807) is 37.5 Å². The molecule has 2 aromatic carbocycles. The van der Waals surface area contributed by atoms with Crippen molar-refractivity contribution in [3.05, 3.63) is 102 Å². The van der Waals surface area contributed by atoms with Crippen LogP contribution < -0.4 is 4.74 Å². The second-order valence-electron chi connectivity index (χ2n) is 6.21. The van der Waals surface area contributed by atoms with Gasteiger partial charge in [0.05, 0.1) is 25.4 Å². The van der Waals surface area contributed by atoms with Crippen LogP contribution in [-0.4, -0.2) is 28.8 Å². The molecule has 3 aromatic rings. The summed E-state index contributed by atoms with van der Waals surface area (Å²) in [5.41, 5.74) is 1.55. The first-order valence-corrected chi connectivity index (χ1v) is 8.89. The Balaban J connectivity index is 1.88. The number of ether oxygens (including phenoxy) is 1. The summed E-state index contributed by atoms with van der Waals surface area (Å²) in [6, 6.07) is 17.3. The van der Waals surface area contributed by atoms with Crippen molar-refractivity contribution in [2.45, 2.75) is 6.54 Å². The first-order chi connectivity index (χ1) is 14.1. The van der Waals surface area contributed by atoms with E-state index in [1.165, 1.54) is 12.3 Å². The van der Waals surface area contributed by atoms with E-state index >= 15 is 0 Å². The summed E-state index contributed by atoms with van der Waals surface area (Å²) in [4.78, 5) is 30.5. The number of methoxy groups -OCH3 is 1. The Labute approximate surface area is 168 Å². The molecule has 1 heterocycles. The number of hydrogen-bond donors (Lipinski definition) is 0. The summed E-state index contributed by atoms with van der Waals surface area (Å²) >= 11 is 0. The largest absolute Gasteiger partial charge is 0.497 e. The minimum absolute atomic E-state index is 0.0000252. The molecule has 1 aromatic heterocycles. The van der Waals surface area contributed by atoms with Gasteiger partial charge < -0.3 is 4.74 Å². The van der Waals surface area contributed by atoms with Gasteiger partial charge in [0.15, 0.2) is 0 Å². The van der Waals surface area contributed by atoms with Crippen LogP contribution in [-0.2, 0) is 11.3 Å². The third-order valence-electron chi connectivity index (χ3n) is 4.18. The molecule has 3 rings (SSSR count). The van der Waals surface area contributed by atoms with Gasteiger partial charge in [0.2, 0.25) is 0 Å². The summed E-state index contributed by atoms with van der Waals surface area (Å²) in [5, 5.41) is 0. The lowest BCUT2D eigenvalue weighted by Gasteiger charge is -2.20. The lowest BCUT2D eigenvalue weighted by atomic mass is 10.1. The molecule has 146 valence electrons. The van der Waals surface area contributed by atoms with Crippen LogP contribution in [0, 0.1) is 5.82 Å². The van der Waals surface area contributed by atoms with Crippen LogP contribution >= 0.6 is 0 Å². The standard InChI is InChI=1S/C23H19FN2O3/c1-29-21-10-7-18(8-11-21)16-26(23(28)19-13-20(24)15-25-14-19)22(27)12-9-17-5-3-2-4-6-17/h2-15H,16H2,1H3/b12-9+. The summed E-state index contributed by atoms with van der Waals surface area (Å²) in [6.07, 6.45) is 5.19. The molecule has 5 nitrogen and oxygen atoms in total. The molecule has 0 unspecified atom stereocenters. The summed E-state index contributed by atoms with van der Waals surface area (Å²) in [6.45, 7) is 0.0251. The topological polar surface area (TPSA) is 59.5 Å². The molecule has 0 aliphatic rings. The van der Waals surface area contributed by atoms with Gasteiger partial charge in [-0.1, -0.05) is 42.5 Å². The SMILES string of the molecule is COc1ccc(CN(C(=O)/C=C/c2ccccc2)C(=O)c2cncc(F)c2)cc1. The zero-order valence-corrected chi connectivity index (χ0v) is 15.8. The van der Waals surface area contributed by atoms with Crippen molar-refractivity contribution in [2.75, 3.05) is 7.11 Å². The summed E-state index contributed by atoms with van der Waals surface area (Å²) < 4.78 is 18.7. The van der Waals surface area contributed by atoms with Crippen LogP contribution in [0.2, 0.25) is 0 Å². The molecule has 0 bridgehead atoms. The molecule has 0 aliphatic heterocycles. The molecule has 6 heteroatoms. The third-order valence-corrected chi connectivity index (χ3v) is 4.18. The zero-order valence-electron chi connectivity index (χ0n) is 15.8. The number of halogens is 1. The number of carbonyl (C=O) groups excluding carboxylic acids is 2. The highest BCUT2D eigenvalue weighted by molar-refractivity contribution is 6.08. The molecule has 0 N–H and O–H groups in total. The molecular weight excluding hydrogens is 371 g/mol. The van der Waals surface area contributed by atoms with E-state index in [0.29, 0.717) is 5.75 Å². The average molecular weight is 390 g/mol. The summed E-state index contributed by atoms with van der Waals surface area (Å²) in [5.74, 6) is -1.13. The predicted octanol–water partition coefficient (Wildman–Crippen LogP) is 4.11. The van der Waals surface area contributed by atoms with Crippen molar-refractivity contribution in [2.24, 2.45) is 0 Å². The number of aromatic nitrogens is 1. The minimum atomic E-state index is -0.646. The molecule has 0 radical (unpaired) electrons. The van der Waals surface area contributed by atoms with Crippen LogP contribution in [0.15, 0.2) is 79.1 Å². The van der Waals surface area contributed by atoms with Crippen LogP contribution in [0.25, 0.3) is 6.08 Å². The van der Waals surface area contributed by atoms with Gasteiger partial charge >= 0.3 is 0 Å². The lowest BCUT2D eigenvalue weighted by Crippen LogP contribution is -2.35. The molecule has 0 aliphatic carbocycles. The second-order valence-corrected chi connectivity index (χ2v) is 6.21. The maximum absolute atomic E-state index is 13.5. The number of rotatable bonds is 6. The number of benzene rings is 2. The van der Waals surface area contributed by atoms with E-state index in [4.69, 9.17) is 4.74 Å². The number of pyridine rings is 1. The Bertz CT molecular complexity index is 1020. The Kier molecular flexibility index (Phi) is 6.47. The van der Waals surface area contributed by atoms with Crippen molar-refractivity contribution >= 4 is 17.9 Å². The number of nitrogens with zero attached hydrogens (tertiary/aromatic N) is 2. The normalized spacial score (nSPS) is 10.7. The maximum atomic E-state index is 13.5. The van der Waals surface area contributed by atoms with Crippen LogP contribution in [0.5, 0.6) is 5.75 Å². The van der Waals surface area contributed by atoms with Gasteiger partial charge in [0, 0.05) is 12.3 Å². The van der Waals surface area contributed by atoms with E-state index in [-0.39, 0.29) is 12.1 Å². The Morgan fingerprint density at radius 2 is 1.79 bits per heavy atom. The van der Waals surface area contributed by atoms with Crippen molar-refractivity contribution in [1.82, 2.24) is 9.88 Å². The van der Waals surface area contributed by atoms with Crippen molar-refractivity contribution < 1.29 is 18.7 Å². The number of hydrogen-bond acceptors (Lipinski definition) is 4. The molecular formula is C23H19FN2O3. The van der Waals surface area contributed by atoms with E-state index in [9.17, 15) is 14.0 Å². The molecule has 0 saturated carbocycles. The van der Waals surface area contributed by atoms with Gasteiger partial charge in [-0.2, -0.15) is 0 Å². The van der Waals surface area contributed by atoms with Crippen LogP contribution in [0.3, 0.4) is 0 Å². The third kappa shape index (κ3) is 5.35. The summed E-state index contributed by atoms with van der Waals surface area (Å²) in [7, 11) is 1.56. The van der Waals surface area contributed by atoms with Crippen molar-refractivity contribution in [3.8, 4) is 5.75 Å². The van der Waals surface area contributed by atoms with Gasteiger partial charge in [-0.05, 0) is 35.4 Å². The van der Waals surface area contributed by atoms with Gasteiger partial charge in [-0.25, -0.2) is 4.39 Å². The van der Waals surface area contributed by atoms with Crippen LogP contribution in [0.4, 0.5) is 4.39 Å². The molecule has 29 heavy (non-hydrogen) atoms. The first-order valence-electron chi connectivity index (χ1n) is 8.89. The van der Waals surface area contributed by atoms with Gasteiger partial charge in [0.1, 0.15) is 11.6 Å². The molecule has 0 atom stereocenters. The Morgan fingerprint density at radius 1 is 1.07 bits per heavy atom. The molecule has 0 saturated heterocycles. The Hall–Kier alpha value is -3.80. The van der Waals surface area contributed by atoms with Crippen molar-refractivity contribution in [3.63, 3.8) is 0 Å². The van der Waals surface area contributed by atoms with Crippen molar-refractivity contribution in [1.29, 1.82) is 0 Å². The Morgan fingerprint density at radius 3 is 2.45 bits per heavy atom. The first kappa shape index (κ1) is 19.9. The predicted molar refractivity (Wildman–Crippen MR) is 108 cm³/mol. The fourth-order valence-electron chi connectivity index (χ4n) is 2.67. The quantitative estimate of drug-likeness (QED) is 0.595. The monoisotopic (exact) mass is 390 g/mol. The number of amides is 2. The highest BCUT2D eigenvalue weighted by atomic mass is 19.1. The minimum Gasteiger partial charge on any atom is -0.497 e. The fraction of sp³-hybridized carbons (Fsp3) is 0.0870. The second kappa shape index (κ2) is 9.41. The lowest BCUT2D eigenvalue weighted by molar-refractivity contribution is -0.124.